The zero-order valence-corrected chi connectivity index (χ0v) is 17.8. The van der Waals surface area contributed by atoms with Crippen LogP contribution in [0.4, 0.5) is 10.1 Å². The fraction of sp³-hybridized carbons (Fsp3) is 0.231. The van der Waals surface area contributed by atoms with Crippen LogP contribution in [0.15, 0.2) is 71.4 Å². The molecule has 2 aromatic heterocycles. The Balaban J connectivity index is 1.51. The monoisotopic (exact) mass is 429 g/mol. The molecular formula is C26H24FN3O2. The Morgan fingerprint density at radius 3 is 2.62 bits per heavy atom. The summed E-state index contributed by atoms with van der Waals surface area (Å²) in [5.41, 5.74) is 4.12. The van der Waals surface area contributed by atoms with Crippen LogP contribution in [-0.2, 0) is 0 Å². The number of benzene rings is 2. The molecular weight excluding hydrogens is 405 g/mol. The van der Waals surface area contributed by atoms with Crippen molar-refractivity contribution in [1.82, 2.24) is 9.55 Å². The van der Waals surface area contributed by atoms with Gasteiger partial charge >= 0.3 is 0 Å². The molecule has 0 bridgehead atoms. The summed E-state index contributed by atoms with van der Waals surface area (Å²) in [6, 6.07) is 17.7. The fourth-order valence-electron chi connectivity index (χ4n) is 4.39. The van der Waals surface area contributed by atoms with Crippen molar-refractivity contribution in [3.05, 3.63) is 84.1 Å². The van der Waals surface area contributed by atoms with Crippen molar-refractivity contribution < 1.29 is 13.6 Å². The molecule has 4 aromatic rings. The molecule has 5 rings (SSSR count). The number of furan rings is 1. The summed E-state index contributed by atoms with van der Waals surface area (Å²) >= 11 is 0. The van der Waals surface area contributed by atoms with Gasteiger partial charge in [-0.3, -0.25) is 4.79 Å². The van der Waals surface area contributed by atoms with Gasteiger partial charge in [-0.1, -0.05) is 25.0 Å². The standard InChI is InChI=1S/C26H24FN3O2/c1-17-5-4-6-20(15-17)29-26(31)23-14-13-22(32-23)25-24(18-9-11-19(27)12-10-18)28-16-30(25)21-7-2-3-8-21/h4-6,9-16,21H,2-3,7-8H2,1H3,(H,29,31). The van der Waals surface area contributed by atoms with Crippen LogP contribution in [0.3, 0.4) is 0 Å². The molecule has 0 spiro atoms. The summed E-state index contributed by atoms with van der Waals surface area (Å²) in [7, 11) is 0. The number of nitrogens with zero attached hydrogens (tertiary/aromatic N) is 2. The van der Waals surface area contributed by atoms with E-state index in [9.17, 15) is 9.18 Å². The van der Waals surface area contributed by atoms with Gasteiger partial charge in [0.15, 0.2) is 11.5 Å². The first kappa shape index (κ1) is 20.2. The molecule has 162 valence electrons. The summed E-state index contributed by atoms with van der Waals surface area (Å²) in [6.07, 6.45) is 6.34. The van der Waals surface area contributed by atoms with E-state index in [0.717, 1.165) is 41.0 Å². The quantitative estimate of drug-likeness (QED) is 0.388. The molecule has 5 nitrogen and oxygen atoms in total. The summed E-state index contributed by atoms with van der Waals surface area (Å²) in [5, 5.41) is 2.88. The molecule has 1 saturated carbocycles. The molecule has 1 aliphatic carbocycles. The number of hydrogen-bond donors (Lipinski definition) is 1. The van der Waals surface area contributed by atoms with E-state index in [1.807, 2.05) is 37.5 Å². The van der Waals surface area contributed by atoms with Crippen molar-refractivity contribution in [2.75, 3.05) is 5.32 Å². The average molecular weight is 429 g/mol. The van der Waals surface area contributed by atoms with Crippen molar-refractivity contribution in [2.24, 2.45) is 0 Å². The normalized spacial score (nSPS) is 14.1. The van der Waals surface area contributed by atoms with Gasteiger partial charge in [0, 0.05) is 17.3 Å². The predicted octanol–water partition coefficient (Wildman–Crippen LogP) is 6.63. The third kappa shape index (κ3) is 3.96. The van der Waals surface area contributed by atoms with E-state index in [4.69, 9.17) is 4.42 Å². The highest BCUT2D eigenvalue weighted by Crippen LogP contribution is 2.39. The largest absolute Gasteiger partial charge is 0.449 e. The summed E-state index contributed by atoms with van der Waals surface area (Å²) in [4.78, 5) is 17.4. The zero-order chi connectivity index (χ0) is 22.1. The molecule has 1 fully saturated rings. The van der Waals surface area contributed by atoms with Gasteiger partial charge in [0.2, 0.25) is 0 Å². The third-order valence-corrected chi connectivity index (χ3v) is 5.97. The van der Waals surface area contributed by atoms with Crippen LogP contribution in [0.25, 0.3) is 22.7 Å². The molecule has 0 atom stereocenters. The SMILES string of the molecule is Cc1cccc(NC(=O)c2ccc(-c3c(-c4ccc(F)cc4)ncn3C3CCCC3)o2)c1. The van der Waals surface area contributed by atoms with Crippen molar-refractivity contribution in [3.63, 3.8) is 0 Å². The van der Waals surface area contributed by atoms with E-state index < -0.39 is 0 Å². The maximum atomic E-state index is 13.5. The average Bonchev–Trinajstić information content (AvgIpc) is 3.53. The van der Waals surface area contributed by atoms with Crippen LogP contribution in [0.2, 0.25) is 0 Å². The zero-order valence-electron chi connectivity index (χ0n) is 17.8. The van der Waals surface area contributed by atoms with E-state index in [1.165, 1.54) is 25.0 Å². The number of nitrogens with one attached hydrogen (secondary N) is 1. The number of hydrogen-bond acceptors (Lipinski definition) is 3. The number of carbonyl (C=O) groups excluding carboxylic acids is 1. The first-order chi connectivity index (χ1) is 15.6. The molecule has 2 heterocycles. The van der Waals surface area contributed by atoms with Gasteiger partial charge in [0.1, 0.15) is 11.5 Å². The van der Waals surface area contributed by atoms with Crippen molar-refractivity contribution in [2.45, 2.75) is 38.6 Å². The number of anilines is 1. The lowest BCUT2D eigenvalue weighted by Crippen LogP contribution is -2.10. The van der Waals surface area contributed by atoms with Gasteiger partial charge in [-0.15, -0.1) is 0 Å². The second-order valence-electron chi connectivity index (χ2n) is 8.28. The molecule has 1 aliphatic rings. The molecule has 0 radical (unpaired) electrons. The Bertz CT molecular complexity index is 1250. The van der Waals surface area contributed by atoms with Gasteiger partial charge in [0.25, 0.3) is 5.91 Å². The molecule has 0 saturated heterocycles. The first-order valence-corrected chi connectivity index (χ1v) is 10.9. The Morgan fingerprint density at radius 2 is 1.88 bits per heavy atom. The summed E-state index contributed by atoms with van der Waals surface area (Å²) < 4.78 is 21.7. The van der Waals surface area contributed by atoms with Crippen molar-refractivity contribution in [1.29, 1.82) is 0 Å². The van der Waals surface area contributed by atoms with E-state index in [0.29, 0.717) is 11.8 Å². The van der Waals surface area contributed by atoms with Crippen LogP contribution >= 0.6 is 0 Å². The minimum atomic E-state index is -0.308. The van der Waals surface area contributed by atoms with Crippen LogP contribution in [0.1, 0.15) is 47.8 Å². The first-order valence-electron chi connectivity index (χ1n) is 10.9. The Kier molecular flexibility index (Phi) is 5.35. The van der Waals surface area contributed by atoms with E-state index in [1.54, 1.807) is 24.3 Å². The topological polar surface area (TPSA) is 60.1 Å². The smallest absolute Gasteiger partial charge is 0.291 e. The fourth-order valence-corrected chi connectivity index (χ4v) is 4.39. The number of halogens is 1. The Labute approximate surface area is 185 Å². The highest BCUT2D eigenvalue weighted by Gasteiger charge is 2.26. The predicted molar refractivity (Wildman–Crippen MR) is 122 cm³/mol. The van der Waals surface area contributed by atoms with Gasteiger partial charge in [-0.2, -0.15) is 0 Å². The van der Waals surface area contributed by atoms with Gasteiger partial charge < -0.3 is 14.3 Å². The highest BCUT2D eigenvalue weighted by molar-refractivity contribution is 6.02. The Morgan fingerprint density at radius 1 is 1.09 bits per heavy atom. The van der Waals surface area contributed by atoms with Gasteiger partial charge in [-0.25, -0.2) is 9.37 Å². The summed E-state index contributed by atoms with van der Waals surface area (Å²) in [6.45, 7) is 1.97. The van der Waals surface area contributed by atoms with E-state index in [-0.39, 0.29) is 17.5 Å². The number of aryl methyl sites for hydroxylation is 1. The molecule has 6 heteroatoms. The lowest BCUT2D eigenvalue weighted by Gasteiger charge is -2.15. The van der Waals surface area contributed by atoms with E-state index in [2.05, 4.69) is 14.9 Å². The van der Waals surface area contributed by atoms with Gasteiger partial charge in [-0.05, 0) is 73.9 Å². The van der Waals surface area contributed by atoms with Gasteiger partial charge in [0.05, 0.1) is 12.0 Å². The second-order valence-corrected chi connectivity index (χ2v) is 8.28. The minimum absolute atomic E-state index is 0.228. The van der Waals surface area contributed by atoms with Crippen LogP contribution in [0, 0.1) is 12.7 Å². The molecule has 0 aliphatic heterocycles. The number of aromatic nitrogens is 2. The maximum Gasteiger partial charge on any atom is 0.291 e. The molecule has 1 amide bonds. The van der Waals surface area contributed by atoms with Crippen LogP contribution in [-0.4, -0.2) is 15.5 Å². The minimum Gasteiger partial charge on any atom is -0.449 e. The molecule has 2 aromatic carbocycles. The van der Waals surface area contributed by atoms with E-state index >= 15 is 0 Å². The van der Waals surface area contributed by atoms with Crippen molar-refractivity contribution >= 4 is 11.6 Å². The van der Waals surface area contributed by atoms with Crippen LogP contribution < -0.4 is 5.32 Å². The van der Waals surface area contributed by atoms with Crippen molar-refractivity contribution in [3.8, 4) is 22.7 Å². The number of rotatable bonds is 5. The highest BCUT2D eigenvalue weighted by atomic mass is 19.1. The molecule has 0 unspecified atom stereocenters. The molecule has 1 N–H and O–H groups in total. The third-order valence-electron chi connectivity index (χ3n) is 5.97. The van der Waals surface area contributed by atoms with Crippen LogP contribution in [0.5, 0.6) is 0 Å². The Hall–Kier alpha value is -3.67. The summed E-state index contributed by atoms with van der Waals surface area (Å²) in [5.74, 6) is 0.199. The lowest BCUT2D eigenvalue weighted by atomic mass is 10.1. The number of carbonyl (C=O) groups is 1. The number of imidazole rings is 1. The lowest BCUT2D eigenvalue weighted by molar-refractivity contribution is 0.0997. The molecule has 32 heavy (non-hydrogen) atoms. The maximum absolute atomic E-state index is 13.5. The number of amides is 1. The second kappa shape index (κ2) is 8.46.